The van der Waals surface area contributed by atoms with Crippen molar-refractivity contribution in [2.24, 2.45) is 5.73 Å². The average Bonchev–Trinajstić information content (AvgIpc) is 2.06. The molecule has 1 aliphatic heterocycles. The van der Waals surface area contributed by atoms with E-state index >= 15 is 0 Å². The highest BCUT2D eigenvalue weighted by molar-refractivity contribution is 5.47. The van der Waals surface area contributed by atoms with E-state index in [4.69, 9.17) is 5.73 Å². The van der Waals surface area contributed by atoms with E-state index in [9.17, 15) is 4.79 Å². The van der Waals surface area contributed by atoms with E-state index in [1.54, 1.807) is 0 Å². The normalized spacial score (nSPS) is 25.2. The monoisotopic (exact) mass is 156 g/mol. The molecule has 11 heavy (non-hydrogen) atoms. The zero-order valence-corrected chi connectivity index (χ0v) is 6.83. The van der Waals surface area contributed by atoms with Gasteiger partial charge in [0.15, 0.2) is 0 Å². The highest BCUT2D eigenvalue weighted by Gasteiger charge is 2.19. The van der Waals surface area contributed by atoms with E-state index in [0.29, 0.717) is 12.6 Å². The van der Waals surface area contributed by atoms with Crippen LogP contribution in [-0.4, -0.2) is 30.4 Å². The van der Waals surface area contributed by atoms with Crippen molar-refractivity contribution in [2.75, 3.05) is 13.1 Å². The predicted octanol–water partition coefficient (Wildman–Crippen LogP) is 0.346. The first-order valence-corrected chi connectivity index (χ1v) is 4.29. The lowest BCUT2D eigenvalue weighted by atomic mass is 10.0. The molecule has 1 aliphatic rings. The van der Waals surface area contributed by atoms with Crippen LogP contribution in [-0.2, 0) is 4.79 Å². The van der Waals surface area contributed by atoms with Crippen molar-refractivity contribution in [2.45, 2.75) is 31.7 Å². The number of carbonyl (C=O) groups excluding carboxylic acids is 1. The smallest absolute Gasteiger partial charge is 0.209 e. The molecule has 0 aromatic heterocycles. The first kappa shape index (κ1) is 8.53. The number of rotatable bonds is 3. The Morgan fingerprint density at radius 1 is 1.55 bits per heavy atom. The van der Waals surface area contributed by atoms with Crippen LogP contribution in [0.3, 0.4) is 0 Å². The minimum absolute atomic E-state index is 0.422. The van der Waals surface area contributed by atoms with Crippen LogP contribution in [0.4, 0.5) is 0 Å². The van der Waals surface area contributed by atoms with Gasteiger partial charge >= 0.3 is 0 Å². The van der Waals surface area contributed by atoms with Crippen molar-refractivity contribution in [1.29, 1.82) is 0 Å². The molecule has 64 valence electrons. The molecule has 0 aromatic carbocycles. The van der Waals surface area contributed by atoms with Crippen molar-refractivity contribution in [3.8, 4) is 0 Å². The Bertz CT molecular complexity index is 125. The van der Waals surface area contributed by atoms with Crippen LogP contribution in [0.2, 0.25) is 0 Å². The second-order valence-electron chi connectivity index (χ2n) is 3.07. The van der Waals surface area contributed by atoms with Crippen molar-refractivity contribution in [3.05, 3.63) is 0 Å². The summed E-state index contributed by atoms with van der Waals surface area (Å²) in [5, 5.41) is 0. The minimum atomic E-state index is 0.422. The third-order valence-electron chi connectivity index (χ3n) is 2.31. The molecule has 1 fully saturated rings. The number of piperidine rings is 1. The first-order valence-electron chi connectivity index (χ1n) is 4.29. The first-order chi connectivity index (χ1) is 5.38. The van der Waals surface area contributed by atoms with Crippen LogP contribution in [0.25, 0.3) is 0 Å². The summed E-state index contributed by atoms with van der Waals surface area (Å²) in [4.78, 5) is 12.4. The Balaban J connectivity index is 2.37. The van der Waals surface area contributed by atoms with E-state index in [1.807, 2.05) is 4.90 Å². The number of carbonyl (C=O) groups is 1. The van der Waals surface area contributed by atoms with Gasteiger partial charge < -0.3 is 10.6 Å². The van der Waals surface area contributed by atoms with Gasteiger partial charge in [0.1, 0.15) is 0 Å². The van der Waals surface area contributed by atoms with Gasteiger partial charge in [-0.05, 0) is 32.2 Å². The van der Waals surface area contributed by atoms with Crippen LogP contribution < -0.4 is 5.73 Å². The molecule has 1 rings (SSSR count). The van der Waals surface area contributed by atoms with Gasteiger partial charge in [0.25, 0.3) is 0 Å². The zero-order valence-electron chi connectivity index (χ0n) is 6.83. The number of nitrogens with two attached hydrogens (primary N) is 1. The molecule has 0 aliphatic carbocycles. The van der Waals surface area contributed by atoms with E-state index in [2.05, 4.69) is 0 Å². The highest BCUT2D eigenvalue weighted by atomic mass is 16.1. The van der Waals surface area contributed by atoms with E-state index in [-0.39, 0.29) is 0 Å². The molecular weight excluding hydrogens is 140 g/mol. The van der Waals surface area contributed by atoms with E-state index in [1.165, 1.54) is 6.42 Å². The summed E-state index contributed by atoms with van der Waals surface area (Å²) in [5.74, 6) is 0. The highest BCUT2D eigenvalue weighted by Crippen LogP contribution is 2.16. The van der Waals surface area contributed by atoms with Gasteiger partial charge in [-0.1, -0.05) is 0 Å². The second-order valence-corrected chi connectivity index (χ2v) is 3.07. The predicted molar refractivity (Wildman–Crippen MR) is 44.1 cm³/mol. The molecular formula is C8H16N2O. The summed E-state index contributed by atoms with van der Waals surface area (Å²) in [7, 11) is 0. The van der Waals surface area contributed by atoms with Gasteiger partial charge in [-0.25, -0.2) is 0 Å². The molecule has 1 saturated heterocycles. The summed E-state index contributed by atoms with van der Waals surface area (Å²) in [6.45, 7) is 1.61. The molecule has 1 atom stereocenters. The second kappa shape index (κ2) is 4.34. The van der Waals surface area contributed by atoms with Gasteiger partial charge in [0.2, 0.25) is 6.41 Å². The maximum atomic E-state index is 10.5. The quantitative estimate of drug-likeness (QED) is 0.599. The maximum absolute atomic E-state index is 10.5. The summed E-state index contributed by atoms with van der Waals surface area (Å²) in [6, 6.07) is 0.422. The van der Waals surface area contributed by atoms with Crippen LogP contribution in [0.15, 0.2) is 0 Å². The number of nitrogens with zero attached hydrogens (tertiary/aromatic N) is 1. The van der Waals surface area contributed by atoms with Gasteiger partial charge in [-0.2, -0.15) is 0 Å². The Morgan fingerprint density at radius 3 is 3.00 bits per heavy atom. The lowest BCUT2D eigenvalue weighted by molar-refractivity contribution is -0.121. The fourth-order valence-corrected chi connectivity index (χ4v) is 1.66. The van der Waals surface area contributed by atoms with Crippen LogP contribution >= 0.6 is 0 Å². The zero-order chi connectivity index (χ0) is 8.10. The SMILES string of the molecule is NCCC1CCCCN1C=O. The molecule has 0 spiro atoms. The number of amides is 1. The standard InChI is InChI=1S/C8H16N2O/c9-5-4-8-3-1-2-6-10(8)7-11/h7-8H,1-6,9H2. The summed E-state index contributed by atoms with van der Waals surface area (Å²) >= 11 is 0. The van der Waals surface area contributed by atoms with E-state index in [0.717, 1.165) is 32.2 Å². The topological polar surface area (TPSA) is 46.3 Å². The largest absolute Gasteiger partial charge is 0.342 e. The number of likely N-dealkylation sites (tertiary alicyclic amines) is 1. The summed E-state index contributed by atoms with van der Waals surface area (Å²) in [5.41, 5.74) is 5.43. The van der Waals surface area contributed by atoms with Gasteiger partial charge in [0.05, 0.1) is 0 Å². The molecule has 0 bridgehead atoms. The van der Waals surface area contributed by atoms with Crippen molar-refractivity contribution in [1.82, 2.24) is 4.90 Å². The van der Waals surface area contributed by atoms with Gasteiger partial charge in [-0.3, -0.25) is 4.79 Å². The average molecular weight is 156 g/mol. The van der Waals surface area contributed by atoms with Crippen LogP contribution in [0, 0.1) is 0 Å². The molecule has 0 saturated carbocycles. The lowest BCUT2D eigenvalue weighted by Gasteiger charge is -2.32. The van der Waals surface area contributed by atoms with Crippen molar-refractivity contribution >= 4 is 6.41 Å². The fraction of sp³-hybridized carbons (Fsp3) is 0.875. The lowest BCUT2D eigenvalue weighted by Crippen LogP contribution is -2.39. The molecule has 3 heteroatoms. The Morgan fingerprint density at radius 2 is 2.36 bits per heavy atom. The van der Waals surface area contributed by atoms with Gasteiger partial charge in [-0.15, -0.1) is 0 Å². The van der Waals surface area contributed by atoms with E-state index < -0.39 is 0 Å². The van der Waals surface area contributed by atoms with Crippen LogP contribution in [0.5, 0.6) is 0 Å². The molecule has 1 unspecified atom stereocenters. The number of hydrogen-bond acceptors (Lipinski definition) is 2. The summed E-state index contributed by atoms with van der Waals surface area (Å²) in [6.07, 6.45) is 5.45. The Kier molecular flexibility index (Phi) is 3.36. The maximum Gasteiger partial charge on any atom is 0.209 e. The Labute approximate surface area is 67.5 Å². The summed E-state index contributed by atoms with van der Waals surface area (Å²) < 4.78 is 0. The van der Waals surface area contributed by atoms with Crippen LogP contribution in [0.1, 0.15) is 25.7 Å². The third kappa shape index (κ3) is 2.19. The van der Waals surface area contributed by atoms with Gasteiger partial charge in [0, 0.05) is 12.6 Å². The van der Waals surface area contributed by atoms with Crippen molar-refractivity contribution < 1.29 is 4.79 Å². The molecule has 0 aromatic rings. The molecule has 1 amide bonds. The minimum Gasteiger partial charge on any atom is -0.342 e. The molecule has 3 nitrogen and oxygen atoms in total. The molecule has 2 N–H and O–H groups in total. The molecule has 0 radical (unpaired) electrons. The van der Waals surface area contributed by atoms with Crippen molar-refractivity contribution in [3.63, 3.8) is 0 Å². The number of hydrogen-bond donors (Lipinski definition) is 1. The fourth-order valence-electron chi connectivity index (χ4n) is 1.66. The Hall–Kier alpha value is -0.570. The molecule has 1 heterocycles. The third-order valence-corrected chi connectivity index (χ3v) is 2.31.